The molecule has 0 aliphatic carbocycles. The van der Waals surface area contributed by atoms with Gasteiger partial charge in [0.2, 0.25) is 0 Å². The van der Waals surface area contributed by atoms with E-state index in [0.717, 1.165) is 10.7 Å². The van der Waals surface area contributed by atoms with Crippen LogP contribution in [0.15, 0.2) is 30.3 Å². The molecular weight excluding hydrogens is 310 g/mol. The molecule has 2 unspecified atom stereocenters. The van der Waals surface area contributed by atoms with Gasteiger partial charge in [-0.3, -0.25) is 4.79 Å². The summed E-state index contributed by atoms with van der Waals surface area (Å²) in [6, 6.07) is 9.41. The number of aryl methyl sites for hydroxylation is 1. The Hall–Kier alpha value is -1.92. The summed E-state index contributed by atoms with van der Waals surface area (Å²) in [5, 5.41) is 14.0. The van der Waals surface area contributed by atoms with Gasteiger partial charge in [-0.05, 0) is 19.4 Å². The summed E-state index contributed by atoms with van der Waals surface area (Å²) in [7, 11) is 3.79. The van der Waals surface area contributed by atoms with Crippen LogP contribution < -0.4 is 10.2 Å². The normalized spacial score (nSPS) is 13.4. The highest BCUT2D eigenvalue weighted by atomic mass is 32.1. The van der Waals surface area contributed by atoms with Crippen LogP contribution in [0.25, 0.3) is 0 Å². The summed E-state index contributed by atoms with van der Waals surface area (Å²) >= 11 is 1.35. The summed E-state index contributed by atoms with van der Waals surface area (Å²) in [5.74, 6) is -0.187. The SMILES string of the molecule is Cc1nc(N(C)C)sc1C(=O)NC(C)C(O)Cc1ccccc1. The van der Waals surface area contributed by atoms with E-state index in [-0.39, 0.29) is 11.9 Å². The van der Waals surface area contributed by atoms with E-state index in [0.29, 0.717) is 17.0 Å². The van der Waals surface area contributed by atoms with Gasteiger partial charge >= 0.3 is 0 Å². The molecule has 5 nitrogen and oxygen atoms in total. The van der Waals surface area contributed by atoms with Crippen LogP contribution in [-0.2, 0) is 6.42 Å². The zero-order valence-corrected chi connectivity index (χ0v) is 14.7. The van der Waals surface area contributed by atoms with Crippen molar-refractivity contribution < 1.29 is 9.90 Å². The summed E-state index contributed by atoms with van der Waals surface area (Å²) in [6.45, 7) is 3.64. The number of carbonyl (C=O) groups excluding carboxylic acids is 1. The second kappa shape index (κ2) is 7.57. The number of nitrogens with zero attached hydrogens (tertiary/aromatic N) is 2. The number of aliphatic hydroxyl groups is 1. The van der Waals surface area contributed by atoms with E-state index in [4.69, 9.17) is 0 Å². The lowest BCUT2D eigenvalue weighted by Crippen LogP contribution is -2.42. The molecule has 0 bridgehead atoms. The Bertz CT molecular complexity index is 655. The molecule has 1 heterocycles. The van der Waals surface area contributed by atoms with Crippen molar-refractivity contribution in [1.29, 1.82) is 0 Å². The van der Waals surface area contributed by atoms with Gasteiger partial charge in [0.15, 0.2) is 5.13 Å². The minimum absolute atomic E-state index is 0.187. The molecular formula is C17H23N3O2S. The summed E-state index contributed by atoms with van der Waals surface area (Å²) in [4.78, 5) is 19.2. The van der Waals surface area contributed by atoms with Gasteiger partial charge in [-0.2, -0.15) is 0 Å². The zero-order valence-electron chi connectivity index (χ0n) is 13.9. The number of benzene rings is 1. The maximum atomic E-state index is 12.4. The van der Waals surface area contributed by atoms with Crippen LogP contribution >= 0.6 is 11.3 Å². The van der Waals surface area contributed by atoms with Crippen LogP contribution in [0, 0.1) is 6.92 Å². The van der Waals surface area contributed by atoms with Gasteiger partial charge in [0.05, 0.1) is 17.8 Å². The van der Waals surface area contributed by atoms with Crippen molar-refractivity contribution in [3.63, 3.8) is 0 Å². The number of hydrogen-bond donors (Lipinski definition) is 2. The minimum atomic E-state index is -0.636. The molecule has 124 valence electrons. The maximum absolute atomic E-state index is 12.4. The third-order valence-corrected chi connectivity index (χ3v) is 4.92. The van der Waals surface area contributed by atoms with Gasteiger partial charge in [0.25, 0.3) is 5.91 Å². The lowest BCUT2D eigenvalue weighted by molar-refractivity contribution is 0.0855. The van der Waals surface area contributed by atoms with E-state index in [1.807, 2.05) is 63.2 Å². The summed E-state index contributed by atoms with van der Waals surface area (Å²) < 4.78 is 0. The molecule has 2 atom stereocenters. The quantitative estimate of drug-likeness (QED) is 0.851. The van der Waals surface area contributed by atoms with Crippen molar-refractivity contribution in [3.05, 3.63) is 46.5 Å². The molecule has 0 spiro atoms. The van der Waals surface area contributed by atoms with Crippen LogP contribution in [0.2, 0.25) is 0 Å². The Morgan fingerprint density at radius 1 is 1.35 bits per heavy atom. The monoisotopic (exact) mass is 333 g/mol. The molecule has 2 rings (SSSR count). The second-order valence-corrected chi connectivity index (χ2v) is 6.80. The van der Waals surface area contributed by atoms with Gasteiger partial charge in [0, 0.05) is 20.5 Å². The first-order chi connectivity index (χ1) is 10.9. The number of nitrogens with one attached hydrogen (secondary N) is 1. The van der Waals surface area contributed by atoms with E-state index in [1.165, 1.54) is 11.3 Å². The molecule has 0 saturated heterocycles. The largest absolute Gasteiger partial charge is 0.391 e. The van der Waals surface area contributed by atoms with Crippen molar-refractivity contribution in [2.75, 3.05) is 19.0 Å². The summed E-state index contributed by atoms with van der Waals surface area (Å²) in [6.07, 6.45) is -0.129. The fourth-order valence-electron chi connectivity index (χ4n) is 2.19. The molecule has 0 saturated carbocycles. The number of thiazole rings is 1. The van der Waals surface area contributed by atoms with Crippen LogP contribution in [-0.4, -0.2) is 42.2 Å². The number of anilines is 1. The predicted molar refractivity (Wildman–Crippen MR) is 94.3 cm³/mol. The van der Waals surface area contributed by atoms with Crippen molar-refractivity contribution >= 4 is 22.4 Å². The topological polar surface area (TPSA) is 65.5 Å². The van der Waals surface area contributed by atoms with Crippen LogP contribution in [0.5, 0.6) is 0 Å². The number of aliphatic hydroxyl groups excluding tert-OH is 1. The molecule has 0 fully saturated rings. The molecule has 0 aliphatic rings. The molecule has 1 aromatic heterocycles. The Labute approximate surface area is 141 Å². The van der Waals surface area contributed by atoms with Gasteiger partial charge in [-0.15, -0.1) is 0 Å². The first kappa shape index (κ1) is 17.4. The van der Waals surface area contributed by atoms with E-state index in [1.54, 1.807) is 0 Å². The highest BCUT2D eigenvalue weighted by molar-refractivity contribution is 7.17. The number of aromatic nitrogens is 1. The van der Waals surface area contributed by atoms with Crippen LogP contribution in [0.3, 0.4) is 0 Å². The lowest BCUT2D eigenvalue weighted by atomic mass is 10.0. The second-order valence-electron chi connectivity index (χ2n) is 5.82. The van der Waals surface area contributed by atoms with Gasteiger partial charge in [-0.25, -0.2) is 4.98 Å². The fourth-order valence-corrected chi connectivity index (χ4v) is 3.08. The zero-order chi connectivity index (χ0) is 17.0. The average Bonchev–Trinajstić information content (AvgIpc) is 2.90. The molecule has 2 aromatic rings. The highest BCUT2D eigenvalue weighted by Crippen LogP contribution is 2.24. The van der Waals surface area contributed by atoms with Crippen molar-refractivity contribution in [2.24, 2.45) is 0 Å². The first-order valence-electron chi connectivity index (χ1n) is 7.56. The van der Waals surface area contributed by atoms with Gasteiger partial charge < -0.3 is 15.3 Å². The van der Waals surface area contributed by atoms with Crippen molar-refractivity contribution in [2.45, 2.75) is 32.4 Å². The minimum Gasteiger partial charge on any atom is -0.391 e. The third kappa shape index (κ3) is 4.53. The molecule has 23 heavy (non-hydrogen) atoms. The number of amides is 1. The summed E-state index contributed by atoms with van der Waals surface area (Å²) in [5.41, 5.74) is 1.76. The fraction of sp³-hybridized carbons (Fsp3) is 0.412. The smallest absolute Gasteiger partial charge is 0.263 e. The maximum Gasteiger partial charge on any atom is 0.263 e. The molecule has 2 N–H and O–H groups in total. The van der Waals surface area contributed by atoms with E-state index < -0.39 is 6.10 Å². The van der Waals surface area contributed by atoms with E-state index in [9.17, 15) is 9.90 Å². The predicted octanol–water partition coefficient (Wildman–Crippen LogP) is 2.24. The van der Waals surface area contributed by atoms with E-state index in [2.05, 4.69) is 10.3 Å². The number of hydrogen-bond acceptors (Lipinski definition) is 5. The molecule has 6 heteroatoms. The Morgan fingerprint density at radius 3 is 2.57 bits per heavy atom. The highest BCUT2D eigenvalue weighted by Gasteiger charge is 2.21. The molecule has 0 aliphatic heterocycles. The molecule has 1 aromatic carbocycles. The Kier molecular flexibility index (Phi) is 5.74. The van der Waals surface area contributed by atoms with Crippen LogP contribution in [0.4, 0.5) is 5.13 Å². The van der Waals surface area contributed by atoms with Crippen LogP contribution in [0.1, 0.15) is 27.9 Å². The number of carbonyl (C=O) groups is 1. The standard InChI is InChI=1S/C17H23N3O2S/c1-11(14(21)10-13-8-6-5-7-9-13)18-16(22)15-12(2)19-17(23-15)20(3)4/h5-9,11,14,21H,10H2,1-4H3,(H,18,22). The van der Waals surface area contributed by atoms with Gasteiger partial charge in [-0.1, -0.05) is 41.7 Å². The van der Waals surface area contributed by atoms with Crippen molar-refractivity contribution in [1.82, 2.24) is 10.3 Å². The average molecular weight is 333 g/mol. The van der Waals surface area contributed by atoms with E-state index >= 15 is 0 Å². The number of rotatable bonds is 6. The van der Waals surface area contributed by atoms with Crippen molar-refractivity contribution in [3.8, 4) is 0 Å². The molecule has 0 radical (unpaired) electrons. The Morgan fingerprint density at radius 2 is 2.00 bits per heavy atom. The molecule has 1 amide bonds. The Balaban J connectivity index is 1.99. The lowest BCUT2D eigenvalue weighted by Gasteiger charge is -2.20. The third-order valence-electron chi connectivity index (χ3n) is 3.60. The van der Waals surface area contributed by atoms with Gasteiger partial charge in [0.1, 0.15) is 4.88 Å². The first-order valence-corrected chi connectivity index (χ1v) is 8.37.